The molecule has 7 nitrogen and oxygen atoms in total. The third-order valence-corrected chi connectivity index (χ3v) is 4.93. The zero-order valence-corrected chi connectivity index (χ0v) is 19.5. The summed E-state index contributed by atoms with van der Waals surface area (Å²) in [4.78, 5) is 17.9. The predicted octanol–water partition coefficient (Wildman–Crippen LogP) is 2.00. The number of guanidine groups is 1. The van der Waals surface area contributed by atoms with Crippen LogP contribution < -0.4 is 10.6 Å². The largest absolute Gasteiger partial charge is 0.381 e. The number of hydrogen-bond acceptors (Lipinski definition) is 4. The third kappa shape index (κ3) is 9.43. The Morgan fingerprint density at radius 2 is 1.93 bits per heavy atom. The number of aliphatic imine (C=N–C) groups is 1. The highest BCUT2D eigenvalue weighted by Gasteiger charge is 2.23. The number of hydrogen-bond donors (Lipinski definition) is 2. The first kappa shape index (κ1) is 24.4. The first-order valence-corrected chi connectivity index (χ1v) is 9.92. The molecule has 1 unspecified atom stereocenters. The lowest BCUT2D eigenvalue weighted by atomic mass is 9.93. The molecular formula is C19H37IN4O3. The Bertz CT molecular complexity index is 460. The first-order valence-electron chi connectivity index (χ1n) is 9.92. The summed E-state index contributed by atoms with van der Waals surface area (Å²) in [7, 11) is 3.51. The quantitative estimate of drug-likeness (QED) is 0.321. The van der Waals surface area contributed by atoms with Gasteiger partial charge in [0.05, 0.1) is 18.8 Å². The molecule has 0 spiro atoms. The van der Waals surface area contributed by atoms with E-state index in [1.54, 1.807) is 19.0 Å². The summed E-state index contributed by atoms with van der Waals surface area (Å²) in [5, 5.41) is 6.92. The molecule has 0 aromatic carbocycles. The van der Waals surface area contributed by atoms with Crippen molar-refractivity contribution in [3.63, 3.8) is 0 Å². The molecule has 0 bridgehead atoms. The summed E-state index contributed by atoms with van der Waals surface area (Å²) in [6.45, 7) is 6.81. The van der Waals surface area contributed by atoms with Crippen molar-refractivity contribution >= 4 is 35.8 Å². The topological polar surface area (TPSA) is 75.2 Å². The van der Waals surface area contributed by atoms with Gasteiger partial charge in [-0.1, -0.05) is 0 Å². The number of amides is 1. The molecule has 1 saturated carbocycles. The molecule has 1 heterocycles. The van der Waals surface area contributed by atoms with E-state index in [0.717, 1.165) is 57.8 Å². The van der Waals surface area contributed by atoms with Gasteiger partial charge in [0.25, 0.3) is 0 Å². The zero-order valence-electron chi connectivity index (χ0n) is 17.2. The van der Waals surface area contributed by atoms with Crippen LogP contribution in [0.15, 0.2) is 4.99 Å². The van der Waals surface area contributed by atoms with Crippen LogP contribution in [0, 0.1) is 5.92 Å². The van der Waals surface area contributed by atoms with Crippen LogP contribution in [0.3, 0.4) is 0 Å². The normalized spacial score (nSPS) is 25.8. The molecule has 0 aromatic rings. The highest BCUT2D eigenvalue weighted by molar-refractivity contribution is 14.0. The maximum atomic E-state index is 11.9. The van der Waals surface area contributed by atoms with E-state index in [0.29, 0.717) is 18.1 Å². The third-order valence-electron chi connectivity index (χ3n) is 4.93. The van der Waals surface area contributed by atoms with Crippen LogP contribution in [-0.2, 0) is 14.3 Å². The van der Waals surface area contributed by atoms with Crippen LogP contribution in [0.25, 0.3) is 0 Å². The van der Waals surface area contributed by atoms with E-state index < -0.39 is 0 Å². The molecule has 1 aliphatic carbocycles. The number of nitrogens with zero attached hydrogens (tertiary/aromatic N) is 2. The molecule has 2 aliphatic rings. The molecule has 2 rings (SSSR count). The lowest BCUT2D eigenvalue weighted by molar-refractivity contribution is -0.127. The molecule has 1 atom stereocenters. The van der Waals surface area contributed by atoms with Crippen molar-refractivity contribution in [3.8, 4) is 0 Å². The minimum absolute atomic E-state index is 0. The van der Waals surface area contributed by atoms with Gasteiger partial charge in [0, 0.05) is 39.2 Å². The molecule has 1 aliphatic heterocycles. The number of likely N-dealkylation sites (N-methyl/N-ethyl adjacent to an activating group) is 1. The lowest BCUT2D eigenvalue weighted by Gasteiger charge is -2.31. The molecule has 2 fully saturated rings. The summed E-state index contributed by atoms with van der Waals surface area (Å²) >= 11 is 0. The smallest absolute Gasteiger partial charge is 0.243 e. The molecular weight excluding hydrogens is 459 g/mol. The predicted molar refractivity (Wildman–Crippen MR) is 119 cm³/mol. The van der Waals surface area contributed by atoms with Crippen LogP contribution in [0.5, 0.6) is 0 Å². The summed E-state index contributed by atoms with van der Waals surface area (Å²) in [5.41, 5.74) is 0. The monoisotopic (exact) mass is 496 g/mol. The number of ether oxygens (including phenoxy) is 2. The Morgan fingerprint density at radius 3 is 2.48 bits per heavy atom. The highest BCUT2D eigenvalue weighted by atomic mass is 127. The second kappa shape index (κ2) is 12.8. The van der Waals surface area contributed by atoms with E-state index in [2.05, 4.69) is 29.5 Å². The van der Waals surface area contributed by atoms with Crippen LogP contribution in [-0.4, -0.2) is 75.4 Å². The Kier molecular flexibility index (Phi) is 11.6. The van der Waals surface area contributed by atoms with Gasteiger partial charge in [-0.15, -0.1) is 24.0 Å². The van der Waals surface area contributed by atoms with E-state index in [1.165, 1.54) is 0 Å². The summed E-state index contributed by atoms with van der Waals surface area (Å²) in [6, 6.07) is 0.377. The lowest BCUT2D eigenvalue weighted by Crippen LogP contribution is -2.47. The molecule has 0 aromatic heterocycles. The maximum absolute atomic E-state index is 11.9. The number of carbonyl (C=O) groups is 1. The number of rotatable bonds is 7. The second-order valence-electron chi connectivity index (χ2n) is 7.87. The van der Waals surface area contributed by atoms with Gasteiger partial charge in [0.15, 0.2) is 5.96 Å². The van der Waals surface area contributed by atoms with Crippen LogP contribution in [0.4, 0.5) is 0 Å². The minimum atomic E-state index is 0. The summed E-state index contributed by atoms with van der Waals surface area (Å²) in [5.74, 6) is 1.26. The van der Waals surface area contributed by atoms with Gasteiger partial charge >= 0.3 is 0 Å². The number of halogens is 1. The van der Waals surface area contributed by atoms with Crippen molar-refractivity contribution in [1.82, 2.24) is 15.5 Å². The molecule has 2 N–H and O–H groups in total. The fourth-order valence-corrected chi connectivity index (χ4v) is 3.35. The van der Waals surface area contributed by atoms with E-state index in [-0.39, 0.29) is 42.5 Å². The molecule has 158 valence electrons. The van der Waals surface area contributed by atoms with Gasteiger partial charge in [-0.2, -0.15) is 0 Å². The van der Waals surface area contributed by atoms with Crippen LogP contribution in [0.1, 0.15) is 46.0 Å². The Balaban J connectivity index is 0.00000364. The molecule has 1 saturated heterocycles. The van der Waals surface area contributed by atoms with Gasteiger partial charge in [0.2, 0.25) is 5.91 Å². The second-order valence-corrected chi connectivity index (χ2v) is 7.87. The molecule has 1 amide bonds. The Hall–Kier alpha value is -0.610. The molecule has 0 radical (unpaired) electrons. The van der Waals surface area contributed by atoms with Crippen molar-refractivity contribution in [3.05, 3.63) is 0 Å². The van der Waals surface area contributed by atoms with Crippen LogP contribution >= 0.6 is 24.0 Å². The average Bonchev–Trinajstić information content (AvgIpc) is 3.11. The van der Waals surface area contributed by atoms with Gasteiger partial charge in [-0.25, -0.2) is 4.99 Å². The maximum Gasteiger partial charge on any atom is 0.243 e. The van der Waals surface area contributed by atoms with Crippen molar-refractivity contribution in [2.24, 2.45) is 10.9 Å². The Labute approximate surface area is 181 Å². The fourth-order valence-electron chi connectivity index (χ4n) is 3.35. The van der Waals surface area contributed by atoms with Crippen molar-refractivity contribution in [1.29, 1.82) is 0 Å². The van der Waals surface area contributed by atoms with E-state index >= 15 is 0 Å². The van der Waals surface area contributed by atoms with Crippen LogP contribution in [0.2, 0.25) is 0 Å². The van der Waals surface area contributed by atoms with Crippen molar-refractivity contribution in [2.75, 3.05) is 40.4 Å². The average molecular weight is 496 g/mol. The van der Waals surface area contributed by atoms with Gasteiger partial charge in [-0.05, 0) is 46.0 Å². The number of carbonyl (C=O) groups excluding carboxylic acids is 1. The molecule has 27 heavy (non-hydrogen) atoms. The van der Waals surface area contributed by atoms with Crippen molar-refractivity contribution < 1.29 is 14.3 Å². The Morgan fingerprint density at radius 1 is 1.22 bits per heavy atom. The SMILES string of the molecule is CC(C)OC1CCC(NC(=NCC(=O)N(C)C)NCC2CCOC2)CC1.I. The van der Waals surface area contributed by atoms with E-state index in [9.17, 15) is 4.79 Å². The van der Waals surface area contributed by atoms with E-state index in [4.69, 9.17) is 9.47 Å². The standard InChI is InChI=1S/C19H36N4O3.HI/c1-14(2)26-17-7-5-16(6-8-17)22-19(21-12-18(24)23(3)4)20-11-15-9-10-25-13-15;/h14-17H,5-13H2,1-4H3,(H2,20,21,22);1H. The minimum Gasteiger partial charge on any atom is -0.381 e. The van der Waals surface area contributed by atoms with Gasteiger partial charge in [-0.3, -0.25) is 4.79 Å². The van der Waals surface area contributed by atoms with Gasteiger partial charge in [0.1, 0.15) is 6.54 Å². The van der Waals surface area contributed by atoms with Crippen molar-refractivity contribution in [2.45, 2.75) is 64.2 Å². The summed E-state index contributed by atoms with van der Waals surface area (Å²) in [6.07, 6.45) is 5.99. The fraction of sp³-hybridized carbons (Fsp3) is 0.895. The molecule has 8 heteroatoms. The first-order chi connectivity index (χ1) is 12.4. The summed E-state index contributed by atoms with van der Waals surface area (Å²) < 4.78 is 11.4. The highest BCUT2D eigenvalue weighted by Crippen LogP contribution is 2.22. The zero-order chi connectivity index (χ0) is 18.9. The number of nitrogens with one attached hydrogen (secondary N) is 2. The van der Waals surface area contributed by atoms with Gasteiger partial charge < -0.3 is 25.0 Å². The van der Waals surface area contributed by atoms with E-state index in [1.807, 2.05) is 0 Å².